The molecule has 0 radical (unpaired) electrons. The Hall–Kier alpha value is -1.80. The molecule has 1 aromatic rings. The third-order valence-corrected chi connectivity index (χ3v) is 5.80. The van der Waals surface area contributed by atoms with Crippen LogP contribution in [0.2, 0.25) is 0 Å². The molecule has 0 aliphatic rings. The Labute approximate surface area is 157 Å². The van der Waals surface area contributed by atoms with Crippen molar-refractivity contribution >= 4 is 16.0 Å². The van der Waals surface area contributed by atoms with Gasteiger partial charge < -0.3 is 15.4 Å². The van der Waals surface area contributed by atoms with Gasteiger partial charge in [-0.15, -0.1) is 0 Å². The molecule has 8 heteroatoms. The molecule has 1 aromatic carbocycles. The lowest BCUT2D eigenvalue weighted by molar-refractivity contribution is 0.336. The number of nitrogens with one attached hydrogen (secondary N) is 2. The lowest BCUT2D eigenvalue weighted by atomic mass is 10.2. The molecule has 0 saturated carbocycles. The minimum absolute atomic E-state index is 0.0363. The summed E-state index contributed by atoms with van der Waals surface area (Å²) < 4.78 is 31.6. The molecule has 0 aliphatic carbocycles. The van der Waals surface area contributed by atoms with Crippen molar-refractivity contribution in [2.45, 2.75) is 34.2 Å². The van der Waals surface area contributed by atoms with E-state index < -0.39 is 10.0 Å². The fourth-order valence-corrected chi connectivity index (χ4v) is 3.89. The average molecular weight is 385 g/mol. The molecule has 26 heavy (non-hydrogen) atoms. The van der Waals surface area contributed by atoms with Crippen LogP contribution in [-0.2, 0) is 16.6 Å². The highest BCUT2D eigenvalue weighted by atomic mass is 32.2. The maximum Gasteiger partial charge on any atom is 0.215 e. The van der Waals surface area contributed by atoms with E-state index in [0.29, 0.717) is 45.3 Å². The fraction of sp³-hybridized carbons (Fsp3) is 0.611. The molecule has 0 aromatic heterocycles. The molecule has 0 bridgehead atoms. The zero-order valence-electron chi connectivity index (χ0n) is 16.3. The third-order valence-electron chi connectivity index (χ3n) is 3.78. The smallest absolute Gasteiger partial charge is 0.215 e. The molecule has 0 atom stereocenters. The van der Waals surface area contributed by atoms with E-state index in [9.17, 15) is 8.42 Å². The van der Waals surface area contributed by atoms with Gasteiger partial charge in [0, 0.05) is 31.7 Å². The van der Waals surface area contributed by atoms with Crippen LogP contribution in [0.5, 0.6) is 5.75 Å². The highest BCUT2D eigenvalue weighted by Crippen LogP contribution is 2.18. The largest absolute Gasteiger partial charge is 0.494 e. The first-order chi connectivity index (χ1) is 12.5. The van der Waals surface area contributed by atoms with Crippen molar-refractivity contribution in [2.75, 3.05) is 38.5 Å². The van der Waals surface area contributed by atoms with Gasteiger partial charge in [-0.1, -0.05) is 32.0 Å². The minimum atomic E-state index is -3.25. The molecular weight excluding hydrogens is 352 g/mol. The van der Waals surface area contributed by atoms with Crippen LogP contribution < -0.4 is 15.4 Å². The van der Waals surface area contributed by atoms with E-state index in [2.05, 4.69) is 15.6 Å². The monoisotopic (exact) mass is 384 g/mol. The SMILES string of the molecule is CCNC(=NCc1ccccc1OCC)NCCS(=O)(=O)N(CC)CC. The van der Waals surface area contributed by atoms with Crippen LogP contribution in [0.25, 0.3) is 0 Å². The van der Waals surface area contributed by atoms with Gasteiger partial charge in [-0.2, -0.15) is 0 Å². The summed E-state index contributed by atoms with van der Waals surface area (Å²) in [5.41, 5.74) is 0.988. The quantitative estimate of drug-likeness (QED) is 0.449. The molecular formula is C18H32N4O3S. The Bertz CT molecular complexity index is 658. The Balaban J connectivity index is 2.70. The van der Waals surface area contributed by atoms with E-state index in [1.807, 2.05) is 52.0 Å². The summed E-state index contributed by atoms with van der Waals surface area (Å²) in [5.74, 6) is 1.45. The number of hydrogen-bond acceptors (Lipinski definition) is 4. The second-order valence-electron chi connectivity index (χ2n) is 5.56. The number of ether oxygens (including phenoxy) is 1. The predicted octanol–water partition coefficient (Wildman–Crippen LogP) is 1.81. The highest BCUT2D eigenvalue weighted by molar-refractivity contribution is 7.89. The van der Waals surface area contributed by atoms with Gasteiger partial charge in [-0.05, 0) is 19.9 Å². The topological polar surface area (TPSA) is 83.0 Å². The molecule has 148 valence electrons. The molecule has 2 N–H and O–H groups in total. The lowest BCUT2D eigenvalue weighted by Gasteiger charge is -2.19. The van der Waals surface area contributed by atoms with E-state index in [0.717, 1.165) is 11.3 Å². The van der Waals surface area contributed by atoms with Crippen LogP contribution in [0.15, 0.2) is 29.3 Å². The van der Waals surface area contributed by atoms with Crippen LogP contribution in [-0.4, -0.2) is 57.2 Å². The second-order valence-corrected chi connectivity index (χ2v) is 7.65. The van der Waals surface area contributed by atoms with Gasteiger partial charge in [0.1, 0.15) is 5.75 Å². The summed E-state index contributed by atoms with van der Waals surface area (Å²) in [6, 6.07) is 7.78. The van der Waals surface area contributed by atoms with Crippen molar-refractivity contribution < 1.29 is 13.2 Å². The molecule has 0 unspecified atom stereocenters. The summed E-state index contributed by atoms with van der Waals surface area (Å²) >= 11 is 0. The predicted molar refractivity (Wildman–Crippen MR) is 107 cm³/mol. The number of nitrogens with zero attached hydrogens (tertiary/aromatic N) is 2. The Morgan fingerprint density at radius 1 is 1.12 bits per heavy atom. The normalized spacial score (nSPS) is 12.3. The summed E-state index contributed by atoms with van der Waals surface area (Å²) in [4.78, 5) is 4.54. The fourth-order valence-electron chi connectivity index (χ4n) is 2.48. The van der Waals surface area contributed by atoms with Crippen molar-refractivity contribution in [3.05, 3.63) is 29.8 Å². The molecule has 1 rings (SSSR count). The molecule has 0 heterocycles. The van der Waals surface area contributed by atoms with Gasteiger partial charge in [0.2, 0.25) is 10.0 Å². The molecule has 0 amide bonds. The van der Waals surface area contributed by atoms with E-state index in [1.54, 1.807) is 0 Å². The summed E-state index contributed by atoms with van der Waals surface area (Å²) in [6.45, 7) is 10.6. The number of aliphatic imine (C=N–C) groups is 1. The van der Waals surface area contributed by atoms with Gasteiger partial charge in [-0.25, -0.2) is 17.7 Å². The minimum Gasteiger partial charge on any atom is -0.494 e. The summed E-state index contributed by atoms with van der Waals surface area (Å²) in [5, 5.41) is 6.23. The lowest BCUT2D eigenvalue weighted by Crippen LogP contribution is -2.42. The van der Waals surface area contributed by atoms with Crippen molar-refractivity contribution in [1.29, 1.82) is 0 Å². The van der Waals surface area contributed by atoms with Crippen molar-refractivity contribution in [2.24, 2.45) is 4.99 Å². The van der Waals surface area contributed by atoms with Crippen molar-refractivity contribution in [3.8, 4) is 5.75 Å². The third kappa shape index (κ3) is 7.21. The average Bonchev–Trinajstić information content (AvgIpc) is 2.61. The van der Waals surface area contributed by atoms with Gasteiger partial charge in [-0.3, -0.25) is 0 Å². The Morgan fingerprint density at radius 2 is 1.81 bits per heavy atom. The first-order valence-corrected chi connectivity index (χ1v) is 10.8. The van der Waals surface area contributed by atoms with Gasteiger partial charge >= 0.3 is 0 Å². The maximum atomic E-state index is 12.2. The number of sulfonamides is 1. The highest BCUT2D eigenvalue weighted by Gasteiger charge is 2.18. The summed E-state index contributed by atoms with van der Waals surface area (Å²) in [7, 11) is -3.25. The number of hydrogen-bond donors (Lipinski definition) is 2. The van der Waals surface area contributed by atoms with Crippen LogP contribution in [0.4, 0.5) is 0 Å². The molecule has 0 spiro atoms. The second kappa shape index (κ2) is 11.7. The van der Waals surface area contributed by atoms with E-state index in [-0.39, 0.29) is 5.75 Å². The van der Waals surface area contributed by atoms with E-state index in [4.69, 9.17) is 4.74 Å². The number of para-hydroxylation sites is 1. The Kier molecular flexibility index (Phi) is 10.0. The maximum absolute atomic E-state index is 12.2. The molecule has 7 nitrogen and oxygen atoms in total. The van der Waals surface area contributed by atoms with Gasteiger partial charge in [0.05, 0.1) is 18.9 Å². The zero-order chi connectivity index (χ0) is 19.4. The first kappa shape index (κ1) is 22.2. The Morgan fingerprint density at radius 3 is 2.42 bits per heavy atom. The van der Waals surface area contributed by atoms with Gasteiger partial charge in [0.15, 0.2) is 5.96 Å². The van der Waals surface area contributed by atoms with Crippen LogP contribution in [0.3, 0.4) is 0 Å². The number of benzene rings is 1. The standard InChI is InChI=1S/C18H32N4O3S/c1-5-19-18(20-13-14-26(23,24)22(6-2)7-3)21-15-16-11-9-10-12-17(16)25-8-4/h9-12H,5-8,13-15H2,1-4H3,(H2,19,20,21). The molecule has 0 aliphatic heterocycles. The zero-order valence-corrected chi connectivity index (χ0v) is 17.1. The number of rotatable bonds is 11. The van der Waals surface area contributed by atoms with Crippen molar-refractivity contribution in [3.63, 3.8) is 0 Å². The van der Waals surface area contributed by atoms with E-state index in [1.165, 1.54) is 4.31 Å². The summed E-state index contributed by atoms with van der Waals surface area (Å²) in [6.07, 6.45) is 0. The van der Waals surface area contributed by atoms with Crippen LogP contribution in [0, 0.1) is 0 Å². The van der Waals surface area contributed by atoms with Gasteiger partial charge in [0.25, 0.3) is 0 Å². The molecule has 0 saturated heterocycles. The molecule has 0 fully saturated rings. The first-order valence-electron chi connectivity index (χ1n) is 9.19. The number of guanidine groups is 1. The van der Waals surface area contributed by atoms with Crippen LogP contribution in [0.1, 0.15) is 33.3 Å². The van der Waals surface area contributed by atoms with Crippen molar-refractivity contribution in [1.82, 2.24) is 14.9 Å². The van der Waals surface area contributed by atoms with E-state index >= 15 is 0 Å². The van der Waals surface area contributed by atoms with Crippen LogP contribution >= 0.6 is 0 Å².